The van der Waals surface area contributed by atoms with Crippen molar-refractivity contribution >= 4 is 56.9 Å². The number of methoxy groups -OCH3 is 1. The number of ether oxygens (including phenoxy) is 3. The van der Waals surface area contributed by atoms with Crippen molar-refractivity contribution in [2.45, 2.75) is 42.7 Å². The molecule has 4 aliphatic rings. The topological polar surface area (TPSA) is 135 Å². The number of allylic oxidation sites excluding steroid dienone is 1. The predicted octanol–water partition coefficient (Wildman–Crippen LogP) is 3.30. The number of amides is 3. The number of para-hydroxylation sites is 1. The maximum absolute atomic E-state index is 14.7. The summed E-state index contributed by atoms with van der Waals surface area (Å²) in [5.74, 6) is -4.26. The minimum atomic E-state index is -1.53. The fourth-order valence-corrected chi connectivity index (χ4v) is 8.12. The average molecular weight is 729 g/mol. The molecule has 6 rings (SSSR count). The second-order valence-electron chi connectivity index (χ2n) is 11.9. The van der Waals surface area contributed by atoms with E-state index in [4.69, 9.17) is 25.8 Å². The standard InChI is InChI=1S/C34H35BrClN3O8/c1-45-19-23-28(20-10-4-2-5-11-20)46-33(44)26-27-31(42)39(16-17-40)30(34(27)18-21(35)29(26)47-34)32(43)38(24-13-8-7-12-22(24)36)15-9-3-6-14-25(41)37-23/h2-5,7-13,18,23,26-30,40H,6,14-17,19H2,1H3,(H,37,41)/b9-3-/t23-,26+,27-,28-,29+,30+,34-/m0/s1. The van der Waals surface area contributed by atoms with Gasteiger partial charge in [-0.1, -0.05) is 82.1 Å². The van der Waals surface area contributed by atoms with Gasteiger partial charge >= 0.3 is 5.97 Å². The molecule has 3 amide bonds. The fraction of sp³-hybridized carbons (Fsp3) is 0.412. The van der Waals surface area contributed by atoms with Crippen LogP contribution in [0.5, 0.6) is 0 Å². The van der Waals surface area contributed by atoms with Gasteiger partial charge in [0.1, 0.15) is 29.8 Å². The van der Waals surface area contributed by atoms with Gasteiger partial charge < -0.3 is 34.4 Å². The quantitative estimate of drug-likeness (QED) is 0.342. The van der Waals surface area contributed by atoms with Crippen LogP contribution >= 0.6 is 27.5 Å². The van der Waals surface area contributed by atoms with Crippen LogP contribution in [0.25, 0.3) is 0 Å². The van der Waals surface area contributed by atoms with Crippen molar-refractivity contribution in [2.24, 2.45) is 11.8 Å². The molecule has 11 nitrogen and oxygen atoms in total. The van der Waals surface area contributed by atoms with E-state index in [1.807, 2.05) is 6.07 Å². The first-order chi connectivity index (χ1) is 22.7. The first kappa shape index (κ1) is 33.4. The Morgan fingerprint density at radius 2 is 1.79 bits per heavy atom. The number of aliphatic hydroxyl groups is 1. The summed E-state index contributed by atoms with van der Waals surface area (Å²) < 4.78 is 18.7. The monoisotopic (exact) mass is 727 g/mol. The van der Waals surface area contributed by atoms with Crippen molar-refractivity contribution in [2.75, 3.05) is 38.3 Å². The number of cyclic esters (lactones) is 1. The lowest BCUT2D eigenvalue weighted by molar-refractivity contribution is -0.162. The number of nitrogens with zero attached hydrogens (tertiary/aromatic N) is 2. The summed E-state index contributed by atoms with van der Waals surface area (Å²) >= 11 is 10.1. The van der Waals surface area contributed by atoms with E-state index < -0.39 is 66.1 Å². The molecule has 0 unspecified atom stereocenters. The van der Waals surface area contributed by atoms with Gasteiger partial charge in [-0.3, -0.25) is 19.2 Å². The molecule has 2 aromatic rings. The highest BCUT2D eigenvalue weighted by molar-refractivity contribution is 9.11. The number of esters is 1. The van der Waals surface area contributed by atoms with E-state index in [2.05, 4.69) is 21.2 Å². The zero-order chi connectivity index (χ0) is 33.3. The number of β-amino-alcohol motifs (C(OH)–C–C–N with tert-alkyl or cyclic N) is 1. The number of hydrogen-bond acceptors (Lipinski definition) is 8. The molecule has 248 valence electrons. The molecule has 5 bridgehead atoms. The second kappa shape index (κ2) is 13.9. The molecule has 2 N–H and O–H groups in total. The van der Waals surface area contributed by atoms with Crippen molar-refractivity contribution in [3.8, 4) is 0 Å². The van der Waals surface area contributed by atoms with E-state index in [0.717, 1.165) is 0 Å². The van der Waals surface area contributed by atoms with E-state index in [0.29, 0.717) is 27.2 Å². The molecule has 0 aliphatic carbocycles. The lowest BCUT2D eigenvalue weighted by Gasteiger charge is -2.35. The van der Waals surface area contributed by atoms with Crippen LogP contribution in [-0.4, -0.2) is 90.9 Å². The summed E-state index contributed by atoms with van der Waals surface area (Å²) in [6.07, 6.45) is 3.89. The highest BCUT2D eigenvalue weighted by Crippen LogP contribution is 2.59. The lowest BCUT2D eigenvalue weighted by atomic mass is 9.74. The van der Waals surface area contributed by atoms with Crippen molar-refractivity contribution in [3.05, 3.63) is 87.9 Å². The lowest BCUT2D eigenvalue weighted by Crippen LogP contribution is -2.56. The number of benzene rings is 2. The summed E-state index contributed by atoms with van der Waals surface area (Å²) in [5, 5.41) is 13.3. The molecule has 4 heterocycles. The second-order valence-corrected chi connectivity index (χ2v) is 13.2. The van der Waals surface area contributed by atoms with Gasteiger partial charge in [-0.25, -0.2) is 0 Å². The minimum Gasteiger partial charge on any atom is -0.455 e. The maximum atomic E-state index is 14.7. The SMILES string of the molecule is COC[C@@H]1NC(=O)CC/C=C\CN(c2ccccc2Cl)C(=O)[C@H]2N(CCO)C(=O)[C@@H]3[C@@H](C(=O)O[C@H]1c1ccccc1)[C@@H]1O[C@@]32C=C1Br. The fourth-order valence-electron chi connectivity index (χ4n) is 7.14. The number of carbonyl (C=O) groups excluding carboxylic acids is 4. The Bertz CT molecular complexity index is 1600. The number of nitrogens with one attached hydrogen (secondary N) is 1. The highest BCUT2D eigenvalue weighted by Gasteiger charge is 2.75. The number of rotatable bonds is 6. The van der Waals surface area contributed by atoms with Crippen molar-refractivity contribution in [1.29, 1.82) is 0 Å². The molecule has 4 aliphatic heterocycles. The van der Waals surface area contributed by atoms with Crippen LogP contribution in [0.1, 0.15) is 24.5 Å². The van der Waals surface area contributed by atoms with E-state index in [1.54, 1.807) is 66.8 Å². The van der Waals surface area contributed by atoms with E-state index in [9.17, 15) is 24.3 Å². The normalized spacial score (nSPS) is 31.8. The summed E-state index contributed by atoms with van der Waals surface area (Å²) in [6, 6.07) is 13.9. The van der Waals surface area contributed by atoms with Gasteiger partial charge in [0.05, 0.1) is 35.9 Å². The van der Waals surface area contributed by atoms with Gasteiger partial charge in [0.15, 0.2) is 0 Å². The van der Waals surface area contributed by atoms with Gasteiger partial charge in [-0.05, 0) is 30.2 Å². The number of carbonyl (C=O) groups is 4. The molecule has 2 saturated heterocycles. The number of anilines is 1. The van der Waals surface area contributed by atoms with Crippen molar-refractivity contribution in [1.82, 2.24) is 10.2 Å². The Labute approximate surface area is 285 Å². The summed E-state index contributed by atoms with van der Waals surface area (Å²) in [5.41, 5.74) is -0.497. The average Bonchev–Trinajstić information content (AvgIpc) is 3.65. The number of hydrogen-bond donors (Lipinski definition) is 2. The van der Waals surface area contributed by atoms with Gasteiger partial charge in [0, 0.05) is 31.1 Å². The number of aliphatic hydroxyl groups excluding tert-OH is 1. The number of halogens is 2. The summed E-state index contributed by atoms with van der Waals surface area (Å²) in [4.78, 5) is 59.2. The van der Waals surface area contributed by atoms with Gasteiger partial charge in [-0.15, -0.1) is 0 Å². The Kier molecular flexibility index (Phi) is 9.86. The van der Waals surface area contributed by atoms with Gasteiger partial charge in [0.2, 0.25) is 11.8 Å². The van der Waals surface area contributed by atoms with E-state index in [-0.39, 0.29) is 32.0 Å². The van der Waals surface area contributed by atoms with Gasteiger partial charge in [0.25, 0.3) is 5.91 Å². The first-order valence-electron chi connectivity index (χ1n) is 15.4. The first-order valence-corrected chi connectivity index (χ1v) is 16.6. The Morgan fingerprint density at radius 3 is 2.51 bits per heavy atom. The molecular weight excluding hydrogens is 694 g/mol. The predicted molar refractivity (Wildman–Crippen MR) is 175 cm³/mol. The molecule has 2 fully saturated rings. The zero-order valence-electron chi connectivity index (χ0n) is 25.6. The Hall–Kier alpha value is -3.55. The van der Waals surface area contributed by atoms with Crippen LogP contribution in [0, 0.1) is 11.8 Å². The van der Waals surface area contributed by atoms with E-state index in [1.165, 1.54) is 16.9 Å². The Balaban J connectivity index is 1.48. The van der Waals surface area contributed by atoms with Crippen LogP contribution < -0.4 is 10.2 Å². The molecule has 1 spiro atoms. The van der Waals surface area contributed by atoms with Gasteiger partial charge in [-0.2, -0.15) is 0 Å². The molecule has 7 atom stereocenters. The summed E-state index contributed by atoms with van der Waals surface area (Å²) in [6.45, 7) is -0.453. The molecule has 2 aromatic carbocycles. The minimum absolute atomic E-state index is 0.0442. The molecular formula is C34H35BrClN3O8. The van der Waals surface area contributed by atoms with Crippen molar-refractivity contribution < 1.29 is 38.5 Å². The molecule has 13 heteroatoms. The van der Waals surface area contributed by atoms with Crippen LogP contribution in [-0.2, 0) is 33.4 Å². The van der Waals surface area contributed by atoms with Crippen LogP contribution in [0.15, 0.2) is 77.3 Å². The molecule has 47 heavy (non-hydrogen) atoms. The molecule has 0 radical (unpaired) electrons. The molecule has 0 aromatic heterocycles. The van der Waals surface area contributed by atoms with Crippen LogP contribution in [0.2, 0.25) is 5.02 Å². The third kappa shape index (κ3) is 6.02. The number of fused-ring (bicyclic) bond motifs is 2. The number of likely N-dealkylation sites (tertiary alicyclic amines) is 1. The van der Waals surface area contributed by atoms with E-state index >= 15 is 0 Å². The Morgan fingerprint density at radius 1 is 1.04 bits per heavy atom. The summed E-state index contributed by atoms with van der Waals surface area (Å²) in [7, 11) is 1.49. The van der Waals surface area contributed by atoms with Crippen LogP contribution in [0.3, 0.4) is 0 Å². The largest absolute Gasteiger partial charge is 0.455 e. The molecule has 0 saturated carbocycles. The third-order valence-electron chi connectivity index (χ3n) is 9.10. The smallest absolute Gasteiger partial charge is 0.313 e. The third-order valence-corrected chi connectivity index (χ3v) is 10.1. The highest BCUT2D eigenvalue weighted by atomic mass is 79.9. The maximum Gasteiger partial charge on any atom is 0.313 e. The van der Waals surface area contributed by atoms with Crippen molar-refractivity contribution in [3.63, 3.8) is 0 Å². The van der Waals surface area contributed by atoms with Crippen LogP contribution in [0.4, 0.5) is 5.69 Å². The zero-order valence-corrected chi connectivity index (χ0v) is 27.9.